The zero-order valence-electron chi connectivity index (χ0n) is 16.2. The lowest BCUT2D eigenvalue weighted by molar-refractivity contribution is 0.667. The maximum atomic E-state index is 3.58. The van der Waals surface area contributed by atoms with E-state index >= 15 is 0 Å². The van der Waals surface area contributed by atoms with Gasteiger partial charge in [0, 0.05) is 14.3 Å². The average molecular weight is 449 g/mol. The van der Waals surface area contributed by atoms with Crippen molar-refractivity contribution in [3.8, 4) is 0 Å². The van der Waals surface area contributed by atoms with Crippen LogP contribution in [-0.2, 0) is 6.42 Å². The van der Waals surface area contributed by atoms with E-state index in [2.05, 4.69) is 95.7 Å². The molecular weight excluding hydrogens is 424 g/mol. The van der Waals surface area contributed by atoms with Crippen LogP contribution in [-0.4, -0.2) is 0 Å². The second kappa shape index (κ2) is 9.15. The predicted octanol–water partition coefficient (Wildman–Crippen LogP) is 9.03. The summed E-state index contributed by atoms with van der Waals surface area (Å²) in [6.45, 7) is 2.27. The Morgan fingerprint density at radius 1 is 0.643 bits per heavy atom. The van der Waals surface area contributed by atoms with Gasteiger partial charge in [-0.25, -0.2) is 0 Å². The van der Waals surface area contributed by atoms with E-state index in [4.69, 9.17) is 0 Å². The minimum atomic E-state index is 1.12. The van der Waals surface area contributed by atoms with E-state index in [1.54, 1.807) is 0 Å². The number of hydrogen-bond acceptors (Lipinski definition) is 1. The van der Waals surface area contributed by atoms with Crippen LogP contribution >= 0.6 is 27.7 Å². The second-order valence-electron chi connectivity index (χ2n) is 7.41. The van der Waals surface area contributed by atoms with Gasteiger partial charge in [0.2, 0.25) is 0 Å². The standard InChI is InChI=1S/C26H25BrS/c1-2-3-4-5-6-19-7-8-20-10-13-25(17-22(20)15-19)28-26-14-11-21-9-12-24(27)16-23(21)18-26/h7-18H,2-6H2,1H3. The van der Waals surface area contributed by atoms with Crippen LogP contribution < -0.4 is 0 Å². The lowest BCUT2D eigenvalue weighted by atomic mass is 10.0. The van der Waals surface area contributed by atoms with Gasteiger partial charge in [-0.3, -0.25) is 0 Å². The van der Waals surface area contributed by atoms with E-state index in [9.17, 15) is 0 Å². The number of unbranched alkanes of at least 4 members (excludes halogenated alkanes) is 3. The fourth-order valence-corrected chi connectivity index (χ4v) is 4.94. The van der Waals surface area contributed by atoms with Crippen molar-refractivity contribution in [3.63, 3.8) is 0 Å². The minimum Gasteiger partial charge on any atom is -0.0901 e. The van der Waals surface area contributed by atoms with Crippen LogP contribution in [0.5, 0.6) is 0 Å². The quantitative estimate of drug-likeness (QED) is 0.254. The molecule has 0 aromatic heterocycles. The van der Waals surface area contributed by atoms with Gasteiger partial charge in [-0.2, -0.15) is 0 Å². The highest BCUT2D eigenvalue weighted by Crippen LogP contribution is 2.33. The summed E-state index contributed by atoms with van der Waals surface area (Å²) in [5.41, 5.74) is 1.46. The van der Waals surface area contributed by atoms with Gasteiger partial charge in [-0.15, -0.1) is 0 Å². The fraction of sp³-hybridized carbons (Fsp3) is 0.231. The molecule has 0 saturated heterocycles. The third-order valence-corrected chi connectivity index (χ3v) is 6.68. The van der Waals surface area contributed by atoms with Gasteiger partial charge in [0.15, 0.2) is 0 Å². The molecule has 0 nitrogen and oxygen atoms in total. The number of benzene rings is 4. The van der Waals surface area contributed by atoms with Crippen LogP contribution in [0.4, 0.5) is 0 Å². The molecule has 0 aliphatic carbocycles. The molecule has 0 spiro atoms. The molecule has 4 aromatic rings. The van der Waals surface area contributed by atoms with Crippen molar-refractivity contribution in [2.24, 2.45) is 0 Å². The summed E-state index contributed by atoms with van der Waals surface area (Å²) in [7, 11) is 0. The van der Waals surface area contributed by atoms with E-state index in [-0.39, 0.29) is 0 Å². The molecule has 4 rings (SSSR count). The SMILES string of the molecule is CCCCCCc1ccc2ccc(Sc3ccc4ccc(Br)cc4c3)cc2c1. The van der Waals surface area contributed by atoms with Crippen molar-refractivity contribution < 1.29 is 0 Å². The first-order valence-corrected chi connectivity index (χ1v) is 11.7. The summed E-state index contributed by atoms with van der Waals surface area (Å²) in [5, 5.41) is 5.22. The summed E-state index contributed by atoms with van der Waals surface area (Å²) in [4.78, 5) is 2.57. The topological polar surface area (TPSA) is 0 Å². The second-order valence-corrected chi connectivity index (χ2v) is 9.47. The summed E-state index contributed by atoms with van der Waals surface area (Å²) in [6, 6.07) is 26.9. The van der Waals surface area contributed by atoms with Crippen LogP contribution in [0.25, 0.3) is 21.5 Å². The molecule has 142 valence electrons. The molecule has 0 aliphatic heterocycles. The summed E-state index contributed by atoms with van der Waals surface area (Å²) < 4.78 is 1.12. The lowest BCUT2D eigenvalue weighted by Crippen LogP contribution is -1.86. The predicted molar refractivity (Wildman–Crippen MR) is 128 cm³/mol. The molecule has 0 atom stereocenters. The van der Waals surface area contributed by atoms with Gasteiger partial charge in [0.05, 0.1) is 0 Å². The molecule has 0 radical (unpaired) electrons. The normalized spacial score (nSPS) is 11.4. The number of aryl methyl sites for hydroxylation is 1. The first-order valence-electron chi connectivity index (χ1n) is 10.1. The molecule has 0 fully saturated rings. The molecule has 0 N–H and O–H groups in total. The molecule has 4 aromatic carbocycles. The van der Waals surface area contributed by atoms with Crippen LogP contribution in [0.2, 0.25) is 0 Å². The monoisotopic (exact) mass is 448 g/mol. The molecule has 0 bridgehead atoms. The van der Waals surface area contributed by atoms with E-state index < -0.39 is 0 Å². The van der Waals surface area contributed by atoms with Gasteiger partial charge in [-0.1, -0.05) is 90.3 Å². The Kier molecular flexibility index (Phi) is 6.39. The maximum Gasteiger partial charge on any atom is 0.0181 e. The molecule has 0 heterocycles. The highest BCUT2D eigenvalue weighted by Gasteiger charge is 2.03. The summed E-state index contributed by atoms with van der Waals surface area (Å²) in [5.74, 6) is 0. The molecule has 28 heavy (non-hydrogen) atoms. The third kappa shape index (κ3) is 4.79. The minimum absolute atomic E-state index is 1.12. The zero-order valence-corrected chi connectivity index (χ0v) is 18.7. The van der Waals surface area contributed by atoms with E-state index in [1.807, 2.05) is 11.8 Å². The van der Waals surface area contributed by atoms with Crippen LogP contribution in [0.15, 0.2) is 87.1 Å². The smallest absolute Gasteiger partial charge is 0.0181 e. The van der Waals surface area contributed by atoms with Crippen LogP contribution in [0, 0.1) is 0 Å². The van der Waals surface area contributed by atoms with Gasteiger partial charge in [0.1, 0.15) is 0 Å². The van der Waals surface area contributed by atoms with Crippen molar-refractivity contribution >= 4 is 49.2 Å². The Hall–Kier alpha value is -1.77. The van der Waals surface area contributed by atoms with Gasteiger partial charge in [0.25, 0.3) is 0 Å². The molecule has 2 heteroatoms. The van der Waals surface area contributed by atoms with Crippen molar-refractivity contribution in [1.29, 1.82) is 0 Å². The highest BCUT2D eigenvalue weighted by atomic mass is 79.9. The zero-order chi connectivity index (χ0) is 19.3. The lowest BCUT2D eigenvalue weighted by Gasteiger charge is -2.08. The number of rotatable bonds is 7. The third-order valence-electron chi connectivity index (χ3n) is 5.20. The molecule has 0 saturated carbocycles. The van der Waals surface area contributed by atoms with Crippen LogP contribution in [0.3, 0.4) is 0 Å². The fourth-order valence-electron chi connectivity index (χ4n) is 3.64. The Morgan fingerprint density at radius 3 is 2.00 bits per heavy atom. The van der Waals surface area contributed by atoms with E-state index in [0.717, 1.165) is 4.47 Å². The maximum absolute atomic E-state index is 3.58. The van der Waals surface area contributed by atoms with Gasteiger partial charge >= 0.3 is 0 Å². The molecule has 0 amide bonds. The average Bonchev–Trinajstić information content (AvgIpc) is 2.70. The van der Waals surface area contributed by atoms with Crippen molar-refractivity contribution in [1.82, 2.24) is 0 Å². The largest absolute Gasteiger partial charge is 0.0901 e. The van der Waals surface area contributed by atoms with Crippen molar-refractivity contribution in [2.75, 3.05) is 0 Å². The van der Waals surface area contributed by atoms with E-state index in [1.165, 1.54) is 69.0 Å². The van der Waals surface area contributed by atoms with Gasteiger partial charge in [-0.05, 0) is 76.3 Å². The number of hydrogen-bond donors (Lipinski definition) is 0. The van der Waals surface area contributed by atoms with Gasteiger partial charge < -0.3 is 0 Å². The van der Waals surface area contributed by atoms with Crippen molar-refractivity contribution in [2.45, 2.75) is 48.8 Å². The van der Waals surface area contributed by atoms with Crippen molar-refractivity contribution in [3.05, 3.63) is 82.8 Å². The molecule has 0 unspecified atom stereocenters. The number of fused-ring (bicyclic) bond motifs is 2. The van der Waals surface area contributed by atoms with E-state index in [0.29, 0.717) is 0 Å². The Labute approximate surface area is 180 Å². The first-order chi connectivity index (χ1) is 13.7. The Morgan fingerprint density at radius 2 is 1.29 bits per heavy atom. The molecule has 0 aliphatic rings. The number of halogens is 1. The Bertz CT molecular complexity index is 1100. The first kappa shape index (κ1) is 19.5. The Balaban J connectivity index is 1.55. The summed E-state index contributed by atoms with van der Waals surface area (Å²) >= 11 is 5.42. The molecular formula is C26H25BrS. The summed E-state index contributed by atoms with van der Waals surface area (Å²) in [6.07, 6.45) is 6.45. The van der Waals surface area contributed by atoms with Crippen LogP contribution in [0.1, 0.15) is 38.2 Å². The highest BCUT2D eigenvalue weighted by molar-refractivity contribution is 9.10.